The van der Waals surface area contributed by atoms with Crippen molar-refractivity contribution in [1.29, 1.82) is 0 Å². The van der Waals surface area contributed by atoms with E-state index in [1.165, 1.54) is 0 Å². The van der Waals surface area contributed by atoms with Gasteiger partial charge in [0, 0.05) is 23.0 Å². The van der Waals surface area contributed by atoms with Crippen LogP contribution in [-0.2, 0) is 6.54 Å². The number of amides is 1. The number of aryl methyl sites for hydroxylation is 1. The lowest BCUT2D eigenvalue weighted by atomic mass is 10.2. The fraction of sp³-hybridized carbons (Fsp3) is 0.158. The van der Waals surface area contributed by atoms with E-state index in [2.05, 4.69) is 15.6 Å². The highest BCUT2D eigenvalue weighted by atomic mass is 35.5. The summed E-state index contributed by atoms with van der Waals surface area (Å²) in [4.78, 5) is 16.4. The fourth-order valence-corrected chi connectivity index (χ4v) is 2.54. The summed E-state index contributed by atoms with van der Waals surface area (Å²) in [7, 11) is 1.58. The predicted molar refractivity (Wildman–Crippen MR) is 100 cm³/mol. The maximum Gasteiger partial charge on any atom is 0.270 e. The summed E-state index contributed by atoms with van der Waals surface area (Å²) in [6, 6.07) is 10.6. The van der Waals surface area contributed by atoms with E-state index in [9.17, 15) is 4.79 Å². The summed E-state index contributed by atoms with van der Waals surface area (Å²) in [5.41, 5.74) is 2.68. The zero-order chi connectivity index (χ0) is 18.5. The summed E-state index contributed by atoms with van der Waals surface area (Å²) in [6.45, 7) is 2.21. The number of anilines is 2. The zero-order valence-corrected chi connectivity index (χ0v) is 15.1. The molecule has 0 saturated carbocycles. The Morgan fingerprint density at radius 2 is 2.15 bits per heavy atom. The topological polar surface area (TPSA) is 76.4 Å². The molecule has 3 aromatic rings. The Morgan fingerprint density at radius 3 is 2.88 bits per heavy atom. The number of carbonyl (C=O) groups excluding carboxylic acids is 1. The predicted octanol–water partition coefficient (Wildman–Crippen LogP) is 4.32. The van der Waals surface area contributed by atoms with Crippen molar-refractivity contribution in [3.05, 3.63) is 70.9 Å². The summed E-state index contributed by atoms with van der Waals surface area (Å²) in [5.74, 6) is 1.000. The normalized spacial score (nSPS) is 10.4. The lowest BCUT2D eigenvalue weighted by Gasteiger charge is -2.13. The number of ether oxygens (including phenoxy) is 1. The van der Waals surface area contributed by atoms with Crippen molar-refractivity contribution in [3.8, 4) is 5.75 Å². The summed E-state index contributed by atoms with van der Waals surface area (Å²) >= 11 is 6.13. The maximum atomic E-state index is 12.3. The van der Waals surface area contributed by atoms with E-state index in [4.69, 9.17) is 20.8 Å². The number of aromatic nitrogens is 1. The molecule has 1 aromatic carbocycles. The van der Waals surface area contributed by atoms with E-state index < -0.39 is 0 Å². The standard InChI is InChI=1S/C19H18ClN3O3/c1-12-8-16(18(25-2)10-15(12)20)23-13-5-6-21-17(9-13)19(24)22-11-14-4-3-7-26-14/h3-10H,11H2,1-2H3,(H,21,23)(H,22,24). The average Bonchev–Trinajstić information content (AvgIpc) is 3.16. The monoisotopic (exact) mass is 371 g/mol. The quantitative estimate of drug-likeness (QED) is 0.674. The molecule has 6 nitrogen and oxygen atoms in total. The molecule has 2 aromatic heterocycles. The molecule has 0 aliphatic carbocycles. The molecule has 0 spiro atoms. The number of furan rings is 1. The van der Waals surface area contributed by atoms with E-state index in [0.717, 1.165) is 11.3 Å². The van der Waals surface area contributed by atoms with Crippen LogP contribution < -0.4 is 15.4 Å². The molecule has 7 heteroatoms. The first-order valence-corrected chi connectivity index (χ1v) is 8.32. The van der Waals surface area contributed by atoms with Gasteiger partial charge in [-0.15, -0.1) is 0 Å². The number of pyridine rings is 1. The second-order valence-corrected chi connectivity index (χ2v) is 6.03. The number of methoxy groups -OCH3 is 1. The first-order valence-electron chi connectivity index (χ1n) is 7.94. The van der Waals surface area contributed by atoms with Gasteiger partial charge in [-0.3, -0.25) is 9.78 Å². The van der Waals surface area contributed by atoms with Crippen LogP contribution in [0.3, 0.4) is 0 Å². The first-order chi connectivity index (χ1) is 12.6. The van der Waals surface area contributed by atoms with Gasteiger partial charge in [-0.05, 0) is 42.8 Å². The molecule has 0 unspecified atom stereocenters. The third-order valence-electron chi connectivity index (χ3n) is 3.76. The van der Waals surface area contributed by atoms with Crippen molar-refractivity contribution in [1.82, 2.24) is 10.3 Å². The lowest BCUT2D eigenvalue weighted by molar-refractivity contribution is 0.0943. The second kappa shape index (κ2) is 7.93. The number of hydrogen-bond donors (Lipinski definition) is 2. The van der Waals surface area contributed by atoms with Crippen LogP contribution >= 0.6 is 11.6 Å². The van der Waals surface area contributed by atoms with Crippen molar-refractivity contribution in [3.63, 3.8) is 0 Å². The summed E-state index contributed by atoms with van der Waals surface area (Å²) < 4.78 is 10.6. The number of carbonyl (C=O) groups is 1. The molecule has 0 aliphatic heterocycles. The van der Waals surface area contributed by atoms with E-state index in [0.29, 0.717) is 34.5 Å². The van der Waals surface area contributed by atoms with Crippen molar-refractivity contribution in [2.45, 2.75) is 13.5 Å². The van der Waals surface area contributed by atoms with Crippen molar-refractivity contribution in [2.24, 2.45) is 0 Å². The third-order valence-corrected chi connectivity index (χ3v) is 4.16. The van der Waals surface area contributed by atoms with Crippen LogP contribution in [0.1, 0.15) is 21.8 Å². The number of rotatable bonds is 6. The Hall–Kier alpha value is -2.99. The number of benzene rings is 1. The van der Waals surface area contributed by atoms with Crippen molar-refractivity contribution < 1.29 is 13.9 Å². The highest BCUT2D eigenvalue weighted by Gasteiger charge is 2.11. The van der Waals surface area contributed by atoms with E-state index >= 15 is 0 Å². The van der Waals surface area contributed by atoms with Gasteiger partial charge >= 0.3 is 0 Å². The fourth-order valence-electron chi connectivity index (χ4n) is 2.39. The van der Waals surface area contributed by atoms with Gasteiger partial charge < -0.3 is 19.8 Å². The van der Waals surface area contributed by atoms with Gasteiger partial charge in [-0.25, -0.2) is 0 Å². The van der Waals surface area contributed by atoms with E-state index in [1.807, 2.05) is 13.0 Å². The molecule has 0 saturated heterocycles. The summed E-state index contributed by atoms with van der Waals surface area (Å²) in [5, 5.41) is 6.63. The Kier molecular flexibility index (Phi) is 5.43. The molecule has 2 heterocycles. The van der Waals surface area contributed by atoms with Crippen LogP contribution in [0.15, 0.2) is 53.3 Å². The SMILES string of the molecule is COc1cc(Cl)c(C)cc1Nc1ccnc(C(=O)NCc2ccco2)c1. The molecule has 0 fully saturated rings. The van der Waals surface area contributed by atoms with Crippen LogP contribution in [0, 0.1) is 6.92 Å². The Morgan fingerprint density at radius 1 is 1.31 bits per heavy atom. The van der Waals surface area contributed by atoms with E-state index in [1.54, 1.807) is 49.9 Å². The second-order valence-electron chi connectivity index (χ2n) is 5.62. The minimum Gasteiger partial charge on any atom is -0.495 e. The van der Waals surface area contributed by atoms with Gasteiger partial charge in [0.2, 0.25) is 0 Å². The molecule has 2 N–H and O–H groups in total. The Balaban J connectivity index is 1.75. The number of nitrogens with one attached hydrogen (secondary N) is 2. The largest absolute Gasteiger partial charge is 0.495 e. The maximum absolute atomic E-state index is 12.3. The Labute approximate surface area is 156 Å². The molecular formula is C19H18ClN3O3. The van der Waals surface area contributed by atoms with Crippen LogP contribution in [-0.4, -0.2) is 18.0 Å². The van der Waals surface area contributed by atoms with Gasteiger partial charge in [0.15, 0.2) is 0 Å². The van der Waals surface area contributed by atoms with Gasteiger partial charge in [0.05, 0.1) is 25.6 Å². The van der Waals surface area contributed by atoms with Gasteiger partial charge in [0.1, 0.15) is 17.2 Å². The highest BCUT2D eigenvalue weighted by Crippen LogP contribution is 2.33. The van der Waals surface area contributed by atoms with E-state index in [-0.39, 0.29) is 5.91 Å². The number of hydrogen-bond acceptors (Lipinski definition) is 5. The molecular weight excluding hydrogens is 354 g/mol. The minimum absolute atomic E-state index is 0.288. The van der Waals surface area contributed by atoms with Crippen molar-refractivity contribution >= 4 is 28.9 Å². The average molecular weight is 372 g/mol. The molecule has 0 atom stereocenters. The molecule has 3 rings (SSSR count). The third kappa shape index (κ3) is 4.15. The molecule has 1 amide bonds. The lowest BCUT2D eigenvalue weighted by Crippen LogP contribution is -2.23. The number of nitrogens with zero attached hydrogens (tertiary/aromatic N) is 1. The zero-order valence-electron chi connectivity index (χ0n) is 14.4. The smallest absolute Gasteiger partial charge is 0.270 e. The van der Waals surface area contributed by atoms with Gasteiger partial charge in [0.25, 0.3) is 5.91 Å². The minimum atomic E-state index is -0.288. The molecule has 134 valence electrons. The van der Waals surface area contributed by atoms with Crippen molar-refractivity contribution in [2.75, 3.05) is 12.4 Å². The first kappa shape index (κ1) is 17.8. The summed E-state index contributed by atoms with van der Waals surface area (Å²) in [6.07, 6.45) is 3.13. The van der Waals surface area contributed by atoms with Crippen LogP contribution in [0.4, 0.5) is 11.4 Å². The molecule has 0 aliphatic rings. The van der Waals surface area contributed by atoms with Crippen LogP contribution in [0.2, 0.25) is 5.02 Å². The molecule has 0 radical (unpaired) electrons. The molecule has 0 bridgehead atoms. The van der Waals surface area contributed by atoms with Crippen LogP contribution in [0.5, 0.6) is 5.75 Å². The van der Waals surface area contributed by atoms with Gasteiger partial charge in [-0.1, -0.05) is 11.6 Å². The Bertz CT molecular complexity index is 910. The van der Waals surface area contributed by atoms with Crippen LogP contribution in [0.25, 0.3) is 0 Å². The highest BCUT2D eigenvalue weighted by molar-refractivity contribution is 6.31. The molecule has 26 heavy (non-hydrogen) atoms. The van der Waals surface area contributed by atoms with Gasteiger partial charge in [-0.2, -0.15) is 0 Å². The number of halogens is 1.